The molecule has 4 nitrogen and oxygen atoms in total. The van der Waals surface area contributed by atoms with Crippen LogP contribution < -0.4 is 0 Å². The van der Waals surface area contributed by atoms with Gasteiger partial charge in [0.15, 0.2) is 5.78 Å². The summed E-state index contributed by atoms with van der Waals surface area (Å²) >= 11 is 11.1. The van der Waals surface area contributed by atoms with E-state index in [1.165, 1.54) is 12.3 Å². The Morgan fingerprint density at radius 2 is 2.07 bits per heavy atom. The zero-order valence-electron chi connectivity index (χ0n) is 6.83. The molecule has 1 heterocycles. The van der Waals surface area contributed by atoms with Crippen LogP contribution in [0.15, 0.2) is 12.3 Å². The minimum atomic E-state index is -1.19. The molecule has 0 spiro atoms. The Kier molecular flexibility index (Phi) is 3.43. The van der Waals surface area contributed by atoms with Gasteiger partial charge in [-0.15, -0.1) is 0 Å². The minimum absolute atomic E-state index is 0.0820. The van der Waals surface area contributed by atoms with Crippen molar-refractivity contribution < 1.29 is 14.7 Å². The first kappa shape index (κ1) is 10.9. The molecule has 6 heteroatoms. The second kappa shape index (κ2) is 4.39. The maximum atomic E-state index is 11.2. The van der Waals surface area contributed by atoms with E-state index in [0.717, 1.165) is 0 Å². The summed E-state index contributed by atoms with van der Waals surface area (Å²) in [4.78, 5) is 25.1. The Labute approximate surface area is 89.5 Å². The monoisotopic (exact) mass is 233 g/mol. The number of nitrogens with zero attached hydrogens (tertiary/aromatic N) is 1. The number of aliphatic carboxylic acids is 1. The Hall–Kier alpha value is -1.13. The van der Waals surface area contributed by atoms with Gasteiger partial charge in [0.2, 0.25) is 0 Å². The molecule has 0 saturated heterocycles. The molecule has 0 unspecified atom stereocenters. The molecule has 1 N–H and O–H groups in total. The second-order valence-electron chi connectivity index (χ2n) is 2.49. The quantitative estimate of drug-likeness (QED) is 0.493. The van der Waals surface area contributed by atoms with Gasteiger partial charge in [-0.1, -0.05) is 23.2 Å². The molecule has 0 amide bonds. The van der Waals surface area contributed by atoms with E-state index in [2.05, 4.69) is 4.98 Å². The summed E-state index contributed by atoms with van der Waals surface area (Å²) in [6.07, 6.45) is 0.610. The number of ketones is 1. The second-order valence-corrected chi connectivity index (χ2v) is 3.26. The highest BCUT2D eigenvalue weighted by Gasteiger charge is 2.12. The number of carbonyl (C=O) groups is 2. The van der Waals surface area contributed by atoms with E-state index < -0.39 is 18.2 Å². The molecule has 14 heavy (non-hydrogen) atoms. The van der Waals surface area contributed by atoms with Gasteiger partial charge in [0.1, 0.15) is 11.6 Å². The lowest BCUT2D eigenvalue weighted by atomic mass is 10.1. The maximum absolute atomic E-state index is 11.2. The third-order valence-corrected chi connectivity index (χ3v) is 2.12. The largest absolute Gasteiger partial charge is 0.481 e. The summed E-state index contributed by atoms with van der Waals surface area (Å²) < 4.78 is 0. The van der Waals surface area contributed by atoms with Crippen molar-refractivity contribution in [2.75, 3.05) is 0 Å². The zero-order valence-corrected chi connectivity index (χ0v) is 8.34. The Bertz CT molecular complexity index is 392. The molecule has 0 atom stereocenters. The summed E-state index contributed by atoms with van der Waals surface area (Å²) in [5.74, 6) is -1.75. The lowest BCUT2D eigenvalue weighted by molar-refractivity contribution is -0.135. The van der Waals surface area contributed by atoms with Crippen LogP contribution in [-0.2, 0) is 4.79 Å². The summed E-state index contributed by atoms with van der Waals surface area (Å²) in [5.41, 5.74) is 0.141. The van der Waals surface area contributed by atoms with Gasteiger partial charge >= 0.3 is 5.97 Å². The van der Waals surface area contributed by atoms with Gasteiger partial charge in [0.05, 0.1) is 5.02 Å². The topological polar surface area (TPSA) is 67.3 Å². The first-order valence-corrected chi connectivity index (χ1v) is 4.32. The third kappa shape index (κ3) is 2.68. The van der Waals surface area contributed by atoms with Crippen LogP contribution in [0, 0.1) is 0 Å². The number of hydrogen-bond donors (Lipinski definition) is 1. The fraction of sp³-hybridized carbons (Fsp3) is 0.125. The van der Waals surface area contributed by atoms with Gasteiger partial charge in [-0.25, -0.2) is 4.98 Å². The predicted octanol–water partition coefficient (Wildman–Crippen LogP) is 2.05. The van der Waals surface area contributed by atoms with Crippen LogP contribution >= 0.6 is 23.2 Å². The van der Waals surface area contributed by atoms with Crippen molar-refractivity contribution >= 4 is 35.0 Å². The number of carbonyl (C=O) groups excluding carboxylic acids is 1. The molecule has 0 saturated carbocycles. The molecule has 0 radical (unpaired) electrons. The lowest BCUT2D eigenvalue weighted by Gasteiger charge is -1.99. The van der Waals surface area contributed by atoms with E-state index >= 15 is 0 Å². The number of aromatic nitrogens is 1. The highest BCUT2D eigenvalue weighted by Crippen LogP contribution is 2.20. The molecule has 0 aliphatic carbocycles. The molecule has 0 aliphatic rings. The van der Waals surface area contributed by atoms with Crippen molar-refractivity contribution in [3.8, 4) is 0 Å². The number of rotatable bonds is 3. The van der Waals surface area contributed by atoms with E-state index in [4.69, 9.17) is 28.3 Å². The molecule has 1 aromatic heterocycles. The van der Waals surface area contributed by atoms with Crippen LogP contribution in [0.25, 0.3) is 0 Å². The first-order valence-electron chi connectivity index (χ1n) is 3.56. The fourth-order valence-corrected chi connectivity index (χ4v) is 1.08. The van der Waals surface area contributed by atoms with Gasteiger partial charge in [-0.05, 0) is 6.07 Å². The Morgan fingerprint density at radius 1 is 1.43 bits per heavy atom. The average molecular weight is 234 g/mol. The average Bonchev–Trinajstić information content (AvgIpc) is 2.08. The van der Waals surface area contributed by atoms with Crippen LogP contribution in [-0.4, -0.2) is 21.8 Å². The number of hydrogen-bond acceptors (Lipinski definition) is 3. The number of carboxylic acid groups (broad SMARTS) is 1. The van der Waals surface area contributed by atoms with Crippen LogP contribution in [0.5, 0.6) is 0 Å². The third-order valence-electron chi connectivity index (χ3n) is 1.43. The molecular weight excluding hydrogens is 229 g/mol. The van der Waals surface area contributed by atoms with Gasteiger partial charge in [-0.2, -0.15) is 0 Å². The van der Waals surface area contributed by atoms with E-state index in [0.29, 0.717) is 0 Å². The molecule has 0 bridgehead atoms. The fourth-order valence-electron chi connectivity index (χ4n) is 0.813. The summed E-state index contributed by atoms with van der Waals surface area (Å²) in [6.45, 7) is 0. The molecule has 74 valence electrons. The van der Waals surface area contributed by atoms with Crippen molar-refractivity contribution in [3.05, 3.63) is 28.0 Å². The summed E-state index contributed by atoms with van der Waals surface area (Å²) in [7, 11) is 0. The van der Waals surface area contributed by atoms with Crippen LogP contribution in [0.3, 0.4) is 0 Å². The zero-order chi connectivity index (χ0) is 10.7. The summed E-state index contributed by atoms with van der Waals surface area (Å²) in [6, 6.07) is 1.29. The normalized spacial score (nSPS) is 9.86. The van der Waals surface area contributed by atoms with Crippen molar-refractivity contribution in [1.82, 2.24) is 4.98 Å². The number of pyridine rings is 1. The number of carboxylic acids is 1. The van der Waals surface area contributed by atoms with E-state index in [1.54, 1.807) is 0 Å². The van der Waals surface area contributed by atoms with Gasteiger partial charge in [0, 0.05) is 11.8 Å². The van der Waals surface area contributed by atoms with Crippen molar-refractivity contribution in [3.63, 3.8) is 0 Å². The van der Waals surface area contributed by atoms with Crippen LogP contribution in [0.1, 0.15) is 16.8 Å². The van der Waals surface area contributed by atoms with Crippen molar-refractivity contribution in [2.24, 2.45) is 0 Å². The smallest absolute Gasteiger partial charge is 0.311 e. The van der Waals surface area contributed by atoms with E-state index in [-0.39, 0.29) is 15.7 Å². The highest BCUT2D eigenvalue weighted by molar-refractivity contribution is 6.41. The molecule has 1 aromatic rings. The molecule has 1 rings (SSSR count). The van der Waals surface area contributed by atoms with Gasteiger partial charge in [0.25, 0.3) is 0 Å². The first-order chi connectivity index (χ1) is 6.50. The summed E-state index contributed by atoms with van der Waals surface area (Å²) in [5, 5.41) is 8.58. The predicted molar refractivity (Wildman–Crippen MR) is 50.8 cm³/mol. The van der Waals surface area contributed by atoms with Gasteiger partial charge < -0.3 is 5.11 Å². The van der Waals surface area contributed by atoms with Crippen LogP contribution in [0.2, 0.25) is 10.2 Å². The Morgan fingerprint density at radius 3 is 2.57 bits per heavy atom. The van der Waals surface area contributed by atoms with Crippen molar-refractivity contribution in [1.29, 1.82) is 0 Å². The highest BCUT2D eigenvalue weighted by atomic mass is 35.5. The molecule has 0 aliphatic heterocycles. The molecule has 0 fully saturated rings. The standard InChI is InChI=1S/C8H5Cl2NO3/c9-5-1-4(3-11-8(5)10)6(12)2-7(13)14/h1,3H,2H2,(H,13,14). The van der Waals surface area contributed by atoms with E-state index in [1.807, 2.05) is 0 Å². The van der Waals surface area contributed by atoms with Crippen molar-refractivity contribution in [2.45, 2.75) is 6.42 Å². The Balaban J connectivity index is 2.91. The van der Waals surface area contributed by atoms with E-state index in [9.17, 15) is 9.59 Å². The SMILES string of the molecule is O=C(O)CC(=O)c1cnc(Cl)c(Cl)c1. The molecular formula is C8H5Cl2NO3. The lowest BCUT2D eigenvalue weighted by Crippen LogP contribution is -2.07. The molecule has 0 aromatic carbocycles. The number of halogens is 2. The van der Waals surface area contributed by atoms with Gasteiger partial charge in [-0.3, -0.25) is 9.59 Å². The minimum Gasteiger partial charge on any atom is -0.481 e. The van der Waals surface area contributed by atoms with Crippen LogP contribution in [0.4, 0.5) is 0 Å². The number of Topliss-reactive ketones (excluding diaryl/α,β-unsaturated/α-hetero) is 1. The maximum Gasteiger partial charge on any atom is 0.311 e.